The summed E-state index contributed by atoms with van der Waals surface area (Å²) < 4.78 is 0. The van der Waals surface area contributed by atoms with Gasteiger partial charge >= 0.3 is 5.97 Å². The minimum Gasteiger partial charge on any atom is -0.480 e. The molecule has 0 unspecified atom stereocenters. The lowest BCUT2D eigenvalue weighted by Gasteiger charge is -2.20. The Kier molecular flexibility index (Phi) is 2.88. The largest absolute Gasteiger partial charge is 0.480 e. The molecule has 0 aliphatic carbocycles. The van der Waals surface area contributed by atoms with E-state index in [4.69, 9.17) is 5.11 Å². The van der Waals surface area contributed by atoms with Gasteiger partial charge in [0.05, 0.1) is 11.4 Å². The smallest absolute Gasteiger partial charge is 0.328 e. The van der Waals surface area contributed by atoms with E-state index in [9.17, 15) is 4.79 Å². The molecule has 0 fully saturated rings. The summed E-state index contributed by atoms with van der Waals surface area (Å²) in [7, 11) is 0. The van der Waals surface area contributed by atoms with E-state index in [1.165, 1.54) is 13.8 Å². The Morgan fingerprint density at radius 2 is 1.87 bits per heavy atom. The fraction of sp³-hybridized carbons (Fsp3) is 0.556. The van der Waals surface area contributed by atoms with Crippen LogP contribution in [0.1, 0.15) is 25.2 Å². The van der Waals surface area contributed by atoms with Crippen molar-refractivity contribution < 1.29 is 9.90 Å². The molecule has 0 aliphatic heterocycles. The van der Waals surface area contributed by atoms with E-state index in [0.29, 0.717) is 0 Å². The molecule has 15 heavy (non-hydrogen) atoms. The fourth-order valence-electron chi connectivity index (χ4n) is 0.843. The highest BCUT2D eigenvalue weighted by molar-refractivity contribution is 5.80. The molecule has 0 saturated heterocycles. The molecular weight excluding hydrogens is 196 g/mol. The fourth-order valence-corrected chi connectivity index (χ4v) is 0.843. The second-order valence-corrected chi connectivity index (χ2v) is 3.86. The van der Waals surface area contributed by atoms with E-state index in [1.807, 2.05) is 0 Å². The van der Waals surface area contributed by atoms with Gasteiger partial charge in [-0.3, -0.25) is 0 Å². The van der Waals surface area contributed by atoms with Crippen molar-refractivity contribution in [3.8, 4) is 0 Å². The molecule has 82 valence electrons. The Labute approximate surface area is 87.8 Å². The number of carboxylic acids is 1. The number of carbonyl (C=O) groups is 1. The van der Waals surface area contributed by atoms with Gasteiger partial charge in [-0.25, -0.2) is 9.78 Å². The second kappa shape index (κ2) is 3.80. The molecule has 1 heterocycles. The van der Waals surface area contributed by atoms with Gasteiger partial charge in [0.1, 0.15) is 5.54 Å². The van der Waals surface area contributed by atoms with Crippen LogP contribution in [-0.4, -0.2) is 31.8 Å². The van der Waals surface area contributed by atoms with Crippen LogP contribution in [0.25, 0.3) is 0 Å². The third-order valence-electron chi connectivity index (χ3n) is 2.05. The first-order valence-electron chi connectivity index (χ1n) is 4.52. The van der Waals surface area contributed by atoms with E-state index in [2.05, 4.69) is 20.5 Å². The van der Waals surface area contributed by atoms with Crippen LogP contribution in [-0.2, 0) is 4.79 Å². The first-order chi connectivity index (χ1) is 6.83. The molecule has 0 spiro atoms. The van der Waals surface area contributed by atoms with Crippen LogP contribution < -0.4 is 5.32 Å². The third-order valence-corrected chi connectivity index (χ3v) is 2.05. The predicted molar refractivity (Wildman–Crippen MR) is 54.6 cm³/mol. The standard InChI is InChI=1S/C9H14N4O2/c1-5-6(2)12-13-8(10-5)11-9(3,4)7(14)15/h1-4H3,(H,14,15)(H,10,11,13). The highest BCUT2D eigenvalue weighted by Gasteiger charge is 2.27. The van der Waals surface area contributed by atoms with Gasteiger partial charge in [-0.2, -0.15) is 5.10 Å². The molecule has 0 radical (unpaired) electrons. The number of anilines is 1. The summed E-state index contributed by atoms with van der Waals surface area (Å²) >= 11 is 0. The van der Waals surface area contributed by atoms with E-state index in [1.54, 1.807) is 13.8 Å². The highest BCUT2D eigenvalue weighted by Crippen LogP contribution is 2.11. The number of aromatic nitrogens is 3. The van der Waals surface area contributed by atoms with Crippen LogP contribution in [0.5, 0.6) is 0 Å². The average Bonchev–Trinajstić information content (AvgIpc) is 2.10. The number of rotatable bonds is 3. The van der Waals surface area contributed by atoms with Crippen molar-refractivity contribution in [3.63, 3.8) is 0 Å². The Balaban J connectivity index is 2.91. The molecule has 6 nitrogen and oxygen atoms in total. The van der Waals surface area contributed by atoms with Gasteiger partial charge in [-0.15, -0.1) is 5.10 Å². The van der Waals surface area contributed by atoms with E-state index < -0.39 is 11.5 Å². The zero-order chi connectivity index (χ0) is 11.6. The van der Waals surface area contributed by atoms with Crippen molar-refractivity contribution in [2.75, 3.05) is 5.32 Å². The molecule has 1 aromatic rings. The maximum Gasteiger partial charge on any atom is 0.328 e. The number of carboxylic acid groups (broad SMARTS) is 1. The monoisotopic (exact) mass is 210 g/mol. The van der Waals surface area contributed by atoms with Crippen molar-refractivity contribution in [3.05, 3.63) is 11.4 Å². The highest BCUT2D eigenvalue weighted by atomic mass is 16.4. The van der Waals surface area contributed by atoms with Gasteiger partial charge in [0.15, 0.2) is 0 Å². The number of nitrogens with one attached hydrogen (secondary N) is 1. The maximum atomic E-state index is 10.8. The lowest BCUT2D eigenvalue weighted by Crippen LogP contribution is -2.40. The van der Waals surface area contributed by atoms with Crippen molar-refractivity contribution in [1.82, 2.24) is 15.2 Å². The van der Waals surface area contributed by atoms with E-state index in [-0.39, 0.29) is 5.95 Å². The minimum absolute atomic E-state index is 0.227. The van der Waals surface area contributed by atoms with Crippen LogP contribution >= 0.6 is 0 Å². The number of nitrogens with zero attached hydrogens (tertiary/aromatic N) is 3. The number of aliphatic carboxylic acids is 1. The third kappa shape index (κ3) is 2.61. The van der Waals surface area contributed by atoms with Gasteiger partial charge in [0, 0.05) is 0 Å². The summed E-state index contributed by atoms with van der Waals surface area (Å²) in [4.78, 5) is 14.9. The Hall–Kier alpha value is -1.72. The topological polar surface area (TPSA) is 88.0 Å². The molecular formula is C9H14N4O2. The maximum absolute atomic E-state index is 10.8. The molecule has 0 aromatic carbocycles. The minimum atomic E-state index is -1.11. The van der Waals surface area contributed by atoms with Crippen LogP contribution in [0, 0.1) is 13.8 Å². The molecule has 1 aromatic heterocycles. The number of hydrogen-bond acceptors (Lipinski definition) is 5. The van der Waals surface area contributed by atoms with Gasteiger partial charge in [-0.1, -0.05) is 0 Å². The lowest BCUT2D eigenvalue weighted by atomic mass is 10.1. The molecule has 1 rings (SSSR count). The first-order valence-corrected chi connectivity index (χ1v) is 4.52. The van der Waals surface area contributed by atoms with Gasteiger partial charge in [0.2, 0.25) is 5.95 Å². The van der Waals surface area contributed by atoms with Crippen molar-refractivity contribution in [2.45, 2.75) is 33.2 Å². The summed E-state index contributed by atoms with van der Waals surface area (Å²) in [6, 6.07) is 0. The average molecular weight is 210 g/mol. The van der Waals surface area contributed by atoms with Gasteiger partial charge < -0.3 is 10.4 Å². The predicted octanol–water partition coefficient (Wildman–Crippen LogP) is 0.764. The summed E-state index contributed by atoms with van der Waals surface area (Å²) in [5.74, 6) is -0.741. The molecule has 6 heteroatoms. The van der Waals surface area contributed by atoms with Crippen molar-refractivity contribution in [1.29, 1.82) is 0 Å². The van der Waals surface area contributed by atoms with Gasteiger partial charge in [-0.05, 0) is 27.7 Å². The Morgan fingerprint density at radius 3 is 2.33 bits per heavy atom. The van der Waals surface area contributed by atoms with Crippen LogP contribution in [0.3, 0.4) is 0 Å². The Bertz CT molecular complexity index is 390. The summed E-state index contributed by atoms with van der Waals surface area (Å²) in [6.07, 6.45) is 0. The van der Waals surface area contributed by atoms with Crippen LogP contribution in [0.4, 0.5) is 5.95 Å². The number of hydrogen-bond donors (Lipinski definition) is 2. The summed E-state index contributed by atoms with van der Waals surface area (Å²) in [5, 5.41) is 19.2. The van der Waals surface area contributed by atoms with Crippen LogP contribution in [0.2, 0.25) is 0 Å². The summed E-state index contributed by atoms with van der Waals surface area (Å²) in [5.41, 5.74) is 0.353. The quantitative estimate of drug-likeness (QED) is 0.765. The molecule has 0 atom stereocenters. The normalized spacial score (nSPS) is 11.2. The van der Waals surface area contributed by atoms with E-state index >= 15 is 0 Å². The SMILES string of the molecule is Cc1nnc(NC(C)(C)C(=O)O)nc1C. The van der Waals surface area contributed by atoms with Crippen molar-refractivity contribution in [2.24, 2.45) is 0 Å². The molecule has 0 amide bonds. The molecule has 2 N–H and O–H groups in total. The van der Waals surface area contributed by atoms with Crippen molar-refractivity contribution >= 4 is 11.9 Å². The molecule has 0 aliphatic rings. The molecule has 0 bridgehead atoms. The zero-order valence-electron chi connectivity index (χ0n) is 9.20. The van der Waals surface area contributed by atoms with Gasteiger partial charge in [0.25, 0.3) is 0 Å². The molecule has 0 saturated carbocycles. The lowest BCUT2D eigenvalue weighted by molar-refractivity contribution is -0.141. The summed E-state index contributed by atoms with van der Waals surface area (Å²) in [6.45, 7) is 6.66. The van der Waals surface area contributed by atoms with E-state index in [0.717, 1.165) is 11.4 Å². The Morgan fingerprint density at radius 1 is 1.27 bits per heavy atom. The van der Waals surface area contributed by atoms with Crippen LogP contribution in [0.15, 0.2) is 0 Å². The number of aryl methyl sites for hydroxylation is 2. The second-order valence-electron chi connectivity index (χ2n) is 3.86. The first kappa shape index (κ1) is 11.4. The zero-order valence-corrected chi connectivity index (χ0v) is 9.20.